The van der Waals surface area contributed by atoms with Crippen molar-refractivity contribution in [1.29, 1.82) is 0 Å². The van der Waals surface area contributed by atoms with Gasteiger partial charge in [0, 0.05) is 0 Å². The second-order valence-electron chi connectivity index (χ2n) is 2.40. The van der Waals surface area contributed by atoms with Gasteiger partial charge in [-0.3, -0.25) is 0 Å². The van der Waals surface area contributed by atoms with Gasteiger partial charge in [-0.15, -0.1) is 0 Å². The molecule has 0 unspecified atom stereocenters. The summed E-state index contributed by atoms with van der Waals surface area (Å²) in [5.74, 6) is 0. The van der Waals surface area contributed by atoms with Crippen LogP contribution in [0.15, 0.2) is 0 Å². The highest BCUT2D eigenvalue weighted by Crippen LogP contribution is 1.68. The van der Waals surface area contributed by atoms with Crippen LogP contribution in [0.1, 0.15) is 0 Å². The maximum atomic E-state index is 8.56. The lowest BCUT2D eigenvalue weighted by atomic mass is 10.7. The molecule has 0 radical (unpaired) electrons. The molecule has 0 aromatic rings. The van der Waals surface area contributed by atoms with Gasteiger partial charge in [0.1, 0.15) is 0 Å². The second kappa shape index (κ2) is 25.0. The number of ether oxygens (including phenoxy) is 2. The lowest BCUT2D eigenvalue weighted by molar-refractivity contribution is 0.0649. The van der Waals surface area contributed by atoms with Crippen molar-refractivity contribution in [3.05, 3.63) is 0 Å². The zero-order chi connectivity index (χ0) is 14.6. The Morgan fingerprint density at radius 1 is 0.667 bits per heavy atom. The summed E-state index contributed by atoms with van der Waals surface area (Å²) in [6, 6.07) is 0. The summed E-state index contributed by atoms with van der Waals surface area (Å²) < 4.78 is 9.26. The minimum absolute atomic E-state index is 0.0278. The molecule has 9 heteroatoms. The van der Waals surface area contributed by atoms with Gasteiger partial charge in [-0.2, -0.15) is 0 Å². The second-order valence-corrected chi connectivity index (χ2v) is 2.40. The van der Waals surface area contributed by atoms with E-state index in [1.165, 1.54) is 0 Å². The van der Waals surface area contributed by atoms with Crippen molar-refractivity contribution < 1.29 is 44.9 Å². The average molecular weight is 274 g/mol. The van der Waals surface area contributed by atoms with Gasteiger partial charge < -0.3 is 40.1 Å². The highest BCUT2D eigenvalue weighted by atomic mass is 16.6. The number of aliphatic hydroxyl groups is 4. The van der Waals surface area contributed by atoms with Gasteiger partial charge >= 0.3 is 6.16 Å². The van der Waals surface area contributed by atoms with Crippen LogP contribution in [-0.2, 0) is 9.47 Å². The predicted molar refractivity (Wildman–Crippen MR) is 60.6 cm³/mol. The highest BCUT2D eigenvalue weighted by molar-refractivity contribution is 5.53. The Morgan fingerprint density at radius 2 is 0.833 bits per heavy atom. The fraction of sp³-hybridized carbons (Fsp3) is 0.889. The fourth-order valence-corrected chi connectivity index (χ4v) is 0.462. The predicted octanol–water partition coefficient (Wildman–Crippen LogP) is -1.80. The summed E-state index contributed by atoms with van der Waals surface area (Å²) in [5.41, 5.74) is 0. The number of carbonyl (C=O) groups is 1. The molecule has 0 saturated carbocycles. The Labute approximate surface area is 105 Å². The van der Waals surface area contributed by atoms with Crippen molar-refractivity contribution in [3.8, 4) is 0 Å². The van der Waals surface area contributed by atoms with Gasteiger partial charge in [0.2, 0.25) is 0 Å². The molecular weight excluding hydrogens is 252 g/mol. The summed E-state index contributed by atoms with van der Waals surface area (Å²) >= 11 is 0. The topological polar surface area (TPSA) is 157 Å². The molecule has 0 aliphatic carbocycles. The Balaban J connectivity index is -0.000000196. The minimum atomic E-state index is -1.83. The van der Waals surface area contributed by atoms with Crippen molar-refractivity contribution in [2.45, 2.75) is 0 Å². The standard InChI is InChI=1S/2C4H10O3.CH2O3/c2*5-1-3-7-4-2-6;2-1(3)4/h2*5-6H,1-4H2;(H2,2,3,4). The first kappa shape index (κ1) is 22.2. The number of aliphatic hydroxyl groups excluding tert-OH is 4. The summed E-state index contributed by atoms with van der Waals surface area (Å²) in [4.78, 5) is 8.56. The number of carboxylic acid groups (broad SMARTS) is 2. The van der Waals surface area contributed by atoms with Crippen LogP contribution in [0.25, 0.3) is 0 Å². The maximum absolute atomic E-state index is 8.56. The van der Waals surface area contributed by atoms with E-state index in [2.05, 4.69) is 9.47 Å². The Kier molecular flexibility index (Phi) is 30.9. The molecule has 0 rings (SSSR count). The molecule has 0 heterocycles. The average Bonchev–Trinajstić information content (AvgIpc) is 2.31. The molecule has 0 aliphatic rings. The summed E-state index contributed by atoms with van der Waals surface area (Å²) in [5, 5.41) is 46.3. The summed E-state index contributed by atoms with van der Waals surface area (Å²) in [6.45, 7) is 1.39. The van der Waals surface area contributed by atoms with Crippen molar-refractivity contribution in [3.63, 3.8) is 0 Å². The van der Waals surface area contributed by atoms with E-state index >= 15 is 0 Å². The number of rotatable bonds is 8. The molecule has 6 N–H and O–H groups in total. The van der Waals surface area contributed by atoms with Crippen LogP contribution < -0.4 is 0 Å². The molecule has 0 bridgehead atoms. The quantitative estimate of drug-likeness (QED) is 0.281. The zero-order valence-corrected chi connectivity index (χ0v) is 10.1. The van der Waals surface area contributed by atoms with E-state index in [-0.39, 0.29) is 26.4 Å². The van der Waals surface area contributed by atoms with Gasteiger partial charge in [0.15, 0.2) is 0 Å². The monoisotopic (exact) mass is 274 g/mol. The van der Waals surface area contributed by atoms with Crippen LogP contribution in [0.3, 0.4) is 0 Å². The Morgan fingerprint density at radius 3 is 0.944 bits per heavy atom. The van der Waals surface area contributed by atoms with E-state index in [0.29, 0.717) is 26.4 Å². The maximum Gasteiger partial charge on any atom is 0.503 e. The SMILES string of the molecule is O=C(O)O.OCCOCCO.OCCOCCO. The molecule has 0 spiro atoms. The molecule has 0 amide bonds. The first-order valence-corrected chi connectivity index (χ1v) is 5.07. The summed E-state index contributed by atoms with van der Waals surface area (Å²) in [6.07, 6.45) is -1.83. The number of hydrogen-bond donors (Lipinski definition) is 6. The van der Waals surface area contributed by atoms with Crippen LogP contribution in [-0.4, -0.2) is 89.6 Å². The third-order valence-electron chi connectivity index (χ3n) is 0.942. The van der Waals surface area contributed by atoms with E-state index in [4.69, 9.17) is 35.4 Å². The lowest BCUT2D eigenvalue weighted by Gasteiger charge is -1.94. The van der Waals surface area contributed by atoms with Crippen LogP contribution in [0.2, 0.25) is 0 Å². The van der Waals surface area contributed by atoms with Gasteiger partial charge in [-0.1, -0.05) is 0 Å². The summed E-state index contributed by atoms with van der Waals surface area (Å²) in [7, 11) is 0. The first-order valence-electron chi connectivity index (χ1n) is 5.07. The molecule has 0 atom stereocenters. The smallest absolute Gasteiger partial charge is 0.450 e. The normalized spacial score (nSPS) is 8.67. The van der Waals surface area contributed by atoms with E-state index in [1.807, 2.05) is 0 Å². The fourth-order valence-electron chi connectivity index (χ4n) is 0.462. The van der Waals surface area contributed by atoms with Crippen LogP contribution >= 0.6 is 0 Å². The zero-order valence-electron chi connectivity index (χ0n) is 10.1. The molecule has 0 aliphatic heterocycles. The minimum Gasteiger partial charge on any atom is -0.450 e. The van der Waals surface area contributed by atoms with E-state index in [1.54, 1.807) is 0 Å². The highest BCUT2D eigenvalue weighted by Gasteiger charge is 1.80. The molecule has 9 nitrogen and oxygen atoms in total. The van der Waals surface area contributed by atoms with Gasteiger partial charge in [-0.25, -0.2) is 4.79 Å². The van der Waals surface area contributed by atoms with Crippen molar-refractivity contribution in [2.75, 3.05) is 52.9 Å². The van der Waals surface area contributed by atoms with E-state index in [9.17, 15) is 0 Å². The molecule has 18 heavy (non-hydrogen) atoms. The van der Waals surface area contributed by atoms with Gasteiger partial charge in [0.25, 0.3) is 0 Å². The molecule has 0 aromatic carbocycles. The Hall–Kier alpha value is -0.970. The molecule has 0 aromatic heterocycles. The third-order valence-corrected chi connectivity index (χ3v) is 0.942. The lowest BCUT2D eigenvalue weighted by Crippen LogP contribution is -2.03. The van der Waals surface area contributed by atoms with Gasteiger partial charge in [0.05, 0.1) is 52.9 Å². The number of hydrogen-bond acceptors (Lipinski definition) is 7. The van der Waals surface area contributed by atoms with Gasteiger partial charge in [-0.05, 0) is 0 Å². The van der Waals surface area contributed by atoms with Crippen molar-refractivity contribution in [2.24, 2.45) is 0 Å². The third kappa shape index (κ3) is 59.9. The molecule has 112 valence electrons. The largest absolute Gasteiger partial charge is 0.503 e. The van der Waals surface area contributed by atoms with Crippen molar-refractivity contribution in [1.82, 2.24) is 0 Å². The van der Waals surface area contributed by atoms with Crippen LogP contribution in [0.4, 0.5) is 4.79 Å². The molecule has 0 saturated heterocycles. The Bertz CT molecular complexity index is 120. The van der Waals surface area contributed by atoms with Crippen LogP contribution in [0, 0.1) is 0 Å². The molecular formula is C9H22O9. The molecule has 0 fully saturated rings. The van der Waals surface area contributed by atoms with E-state index < -0.39 is 6.16 Å². The first-order chi connectivity index (χ1) is 8.56. The van der Waals surface area contributed by atoms with Crippen LogP contribution in [0.5, 0.6) is 0 Å². The van der Waals surface area contributed by atoms with E-state index in [0.717, 1.165) is 0 Å². The van der Waals surface area contributed by atoms with Crippen molar-refractivity contribution >= 4 is 6.16 Å².